The van der Waals surface area contributed by atoms with Gasteiger partial charge >= 0.3 is 0 Å². The molecule has 0 amide bonds. The van der Waals surface area contributed by atoms with Gasteiger partial charge in [-0.2, -0.15) is 5.26 Å². The summed E-state index contributed by atoms with van der Waals surface area (Å²) in [6.45, 7) is -0.163. The lowest BCUT2D eigenvalue weighted by atomic mass is 10.4. The van der Waals surface area contributed by atoms with Crippen LogP contribution in [-0.4, -0.2) is 26.6 Å². The lowest BCUT2D eigenvalue weighted by Gasteiger charge is -2.01. The number of nitriles is 1. The van der Waals surface area contributed by atoms with Gasteiger partial charge in [0.15, 0.2) is 0 Å². The number of alkyl halides is 1. The van der Waals surface area contributed by atoms with E-state index in [1.807, 2.05) is 0 Å². The van der Waals surface area contributed by atoms with E-state index in [0.29, 0.717) is 18.7 Å². The van der Waals surface area contributed by atoms with E-state index in [1.54, 1.807) is 6.07 Å². The van der Waals surface area contributed by atoms with E-state index in [2.05, 4.69) is 4.72 Å². The Bertz CT molecular complexity index is 245. The molecule has 0 aromatic carbocycles. The van der Waals surface area contributed by atoms with Crippen molar-refractivity contribution in [3.8, 4) is 6.07 Å². The summed E-state index contributed by atoms with van der Waals surface area (Å²) >= 11 is 5.37. The second kappa shape index (κ2) is 6.23. The van der Waals surface area contributed by atoms with Gasteiger partial charge in [0, 0.05) is 5.88 Å². The van der Waals surface area contributed by atoms with Crippen molar-refractivity contribution in [1.82, 2.24) is 4.72 Å². The summed E-state index contributed by atoms with van der Waals surface area (Å²) in [6.07, 6.45) is 1.21. The quantitative estimate of drug-likeness (QED) is 0.393. The Labute approximate surface area is 77.6 Å². The second-order valence-corrected chi connectivity index (χ2v) is 4.50. The first-order chi connectivity index (χ1) is 5.62. The molecule has 4 nitrogen and oxygen atoms in total. The van der Waals surface area contributed by atoms with E-state index >= 15 is 0 Å². The summed E-state index contributed by atoms with van der Waals surface area (Å²) in [4.78, 5) is 0. The number of nitrogens with one attached hydrogen (secondary N) is 1. The molecule has 0 fully saturated rings. The van der Waals surface area contributed by atoms with Gasteiger partial charge in [-0.15, -0.1) is 11.6 Å². The van der Waals surface area contributed by atoms with Gasteiger partial charge in [0.25, 0.3) is 0 Å². The fourth-order valence-electron chi connectivity index (χ4n) is 0.601. The molecule has 12 heavy (non-hydrogen) atoms. The van der Waals surface area contributed by atoms with E-state index in [4.69, 9.17) is 16.9 Å². The third kappa shape index (κ3) is 6.40. The van der Waals surface area contributed by atoms with E-state index in [0.717, 1.165) is 0 Å². The minimum Gasteiger partial charge on any atom is -0.212 e. The van der Waals surface area contributed by atoms with Crippen LogP contribution in [0, 0.1) is 11.3 Å². The van der Waals surface area contributed by atoms with E-state index in [9.17, 15) is 8.42 Å². The summed E-state index contributed by atoms with van der Waals surface area (Å²) in [6, 6.07) is 1.70. The summed E-state index contributed by atoms with van der Waals surface area (Å²) in [7, 11) is -3.25. The third-order valence-corrected chi connectivity index (χ3v) is 2.85. The van der Waals surface area contributed by atoms with Crippen LogP contribution in [0.5, 0.6) is 0 Å². The molecule has 0 saturated carbocycles. The Morgan fingerprint density at radius 1 is 1.42 bits per heavy atom. The van der Waals surface area contributed by atoms with Crippen molar-refractivity contribution in [3.63, 3.8) is 0 Å². The molecule has 1 N–H and O–H groups in total. The Kier molecular flexibility index (Phi) is 6.07. The molecule has 70 valence electrons. The maximum Gasteiger partial charge on any atom is 0.212 e. The molecule has 0 unspecified atom stereocenters. The maximum atomic E-state index is 11.0. The monoisotopic (exact) mass is 210 g/mol. The van der Waals surface area contributed by atoms with Crippen molar-refractivity contribution >= 4 is 21.6 Å². The number of unbranched alkanes of at least 4 members (excludes halogenated alkanes) is 1. The maximum absolute atomic E-state index is 11.0. The smallest absolute Gasteiger partial charge is 0.212 e. The minimum atomic E-state index is -3.25. The average molecular weight is 211 g/mol. The first-order valence-corrected chi connectivity index (χ1v) is 5.71. The number of halogens is 1. The minimum absolute atomic E-state index is 0.0431. The molecule has 0 atom stereocenters. The van der Waals surface area contributed by atoms with Gasteiger partial charge in [-0.1, -0.05) is 0 Å². The molecular weight excluding hydrogens is 200 g/mol. The predicted molar refractivity (Wildman–Crippen MR) is 47.4 cm³/mol. The van der Waals surface area contributed by atoms with Gasteiger partial charge < -0.3 is 0 Å². The zero-order chi connectivity index (χ0) is 9.45. The van der Waals surface area contributed by atoms with Gasteiger partial charge in [0.05, 0.1) is 18.4 Å². The summed E-state index contributed by atoms with van der Waals surface area (Å²) < 4.78 is 24.1. The lowest BCUT2D eigenvalue weighted by molar-refractivity contribution is 0.582. The van der Waals surface area contributed by atoms with Gasteiger partial charge in [-0.3, -0.25) is 0 Å². The molecule has 6 heteroatoms. The van der Waals surface area contributed by atoms with E-state index in [-0.39, 0.29) is 12.3 Å². The molecule has 0 bridgehead atoms. The molecule has 0 aliphatic carbocycles. The molecule has 0 rings (SSSR count). The van der Waals surface area contributed by atoms with E-state index < -0.39 is 10.0 Å². The van der Waals surface area contributed by atoms with Crippen molar-refractivity contribution in [3.05, 3.63) is 0 Å². The van der Waals surface area contributed by atoms with Crippen LogP contribution in [0.3, 0.4) is 0 Å². The van der Waals surface area contributed by atoms with Crippen LogP contribution in [0.1, 0.15) is 12.8 Å². The topological polar surface area (TPSA) is 70.0 Å². The highest BCUT2D eigenvalue weighted by atomic mass is 35.5. The standard InChI is InChI=1S/C6H11ClN2O2S/c7-3-1-2-6-12(10,11)9-5-4-8/h9H,1-3,5-6H2. The number of sulfonamides is 1. The summed E-state index contributed by atoms with van der Waals surface area (Å²) in [5.74, 6) is 0.509. The van der Waals surface area contributed by atoms with Crippen molar-refractivity contribution in [2.45, 2.75) is 12.8 Å². The molecule has 0 aliphatic rings. The highest BCUT2D eigenvalue weighted by molar-refractivity contribution is 7.89. The molecule has 0 spiro atoms. The van der Waals surface area contributed by atoms with Crippen LogP contribution >= 0.6 is 11.6 Å². The molecule has 0 radical (unpaired) electrons. The number of hydrogen-bond donors (Lipinski definition) is 1. The Hall–Kier alpha value is -0.310. The van der Waals surface area contributed by atoms with Gasteiger partial charge in [-0.05, 0) is 12.8 Å². The lowest BCUT2D eigenvalue weighted by Crippen LogP contribution is -2.26. The van der Waals surface area contributed by atoms with Crippen LogP contribution < -0.4 is 4.72 Å². The second-order valence-electron chi connectivity index (χ2n) is 2.19. The first kappa shape index (κ1) is 11.7. The molecule has 0 aromatic heterocycles. The van der Waals surface area contributed by atoms with Crippen molar-refractivity contribution in [2.24, 2.45) is 0 Å². The normalized spacial score (nSPS) is 11.0. The van der Waals surface area contributed by atoms with Crippen molar-refractivity contribution in [2.75, 3.05) is 18.2 Å². The SMILES string of the molecule is N#CCNS(=O)(=O)CCCCCl. The van der Waals surface area contributed by atoms with Crippen LogP contribution in [0.4, 0.5) is 0 Å². The number of hydrogen-bond acceptors (Lipinski definition) is 3. The predicted octanol–water partition coefficient (Wildman–Crippen LogP) is 0.448. The first-order valence-electron chi connectivity index (χ1n) is 3.52. The number of nitrogens with zero attached hydrogens (tertiary/aromatic N) is 1. The molecule has 0 saturated heterocycles. The van der Waals surface area contributed by atoms with Crippen LogP contribution in [-0.2, 0) is 10.0 Å². The summed E-state index contributed by atoms with van der Waals surface area (Å²) in [5.41, 5.74) is 0. The largest absolute Gasteiger partial charge is 0.212 e. The Morgan fingerprint density at radius 2 is 2.08 bits per heavy atom. The fraction of sp³-hybridized carbons (Fsp3) is 0.833. The number of rotatable bonds is 6. The fourth-order valence-corrected chi connectivity index (χ4v) is 1.80. The van der Waals surface area contributed by atoms with Crippen LogP contribution in [0.25, 0.3) is 0 Å². The molecule has 0 heterocycles. The van der Waals surface area contributed by atoms with Gasteiger partial charge in [0.1, 0.15) is 0 Å². The average Bonchev–Trinajstić information content (AvgIpc) is 2.01. The Morgan fingerprint density at radius 3 is 2.58 bits per heavy atom. The van der Waals surface area contributed by atoms with Crippen LogP contribution in [0.2, 0.25) is 0 Å². The summed E-state index contributed by atoms with van der Waals surface area (Å²) in [5, 5.41) is 8.10. The molecule has 0 aromatic rings. The van der Waals surface area contributed by atoms with Gasteiger partial charge in [0.2, 0.25) is 10.0 Å². The van der Waals surface area contributed by atoms with E-state index in [1.165, 1.54) is 0 Å². The Balaban J connectivity index is 3.67. The molecular formula is C6H11ClN2O2S. The zero-order valence-corrected chi connectivity index (χ0v) is 8.16. The molecule has 0 aliphatic heterocycles. The van der Waals surface area contributed by atoms with Crippen molar-refractivity contribution < 1.29 is 8.42 Å². The van der Waals surface area contributed by atoms with Gasteiger partial charge in [-0.25, -0.2) is 13.1 Å². The highest BCUT2D eigenvalue weighted by Crippen LogP contribution is 1.95. The van der Waals surface area contributed by atoms with Crippen LogP contribution in [0.15, 0.2) is 0 Å². The highest BCUT2D eigenvalue weighted by Gasteiger charge is 2.07. The van der Waals surface area contributed by atoms with Crippen molar-refractivity contribution in [1.29, 1.82) is 5.26 Å². The third-order valence-electron chi connectivity index (χ3n) is 1.17. The zero-order valence-electron chi connectivity index (χ0n) is 6.59.